The second kappa shape index (κ2) is 10.9. The van der Waals surface area contributed by atoms with Gasteiger partial charge in [-0.1, -0.05) is 76.9 Å². The quantitative estimate of drug-likeness (QED) is 0.374. The van der Waals surface area contributed by atoms with Crippen LogP contribution in [0.4, 0.5) is 0 Å². The molecule has 0 aliphatic heterocycles. The molecule has 0 saturated carbocycles. The summed E-state index contributed by atoms with van der Waals surface area (Å²) in [7, 11) is 0. The molecule has 1 aliphatic carbocycles. The monoisotopic (exact) mass is 280 g/mol. The largest absolute Gasteiger partial charge is 0.481 e. The molecule has 0 aromatic carbocycles. The summed E-state index contributed by atoms with van der Waals surface area (Å²) in [6.45, 7) is 2.25. The number of hydrogen-bond acceptors (Lipinski definition) is 1. The van der Waals surface area contributed by atoms with Crippen LogP contribution >= 0.6 is 0 Å². The predicted octanol–water partition coefficient (Wildman–Crippen LogP) is 5.57. The fourth-order valence-corrected chi connectivity index (χ4v) is 3.19. The van der Waals surface area contributed by atoms with Gasteiger partial charge in [0, 0.05) is 0 Å². The van der Waals surface area contributed by atoms with Crippen LogP contribution in [0, 0.1) is 11.8 Å². The van der Waals surface area contributed by atoms with Gasteiger partial charge in [0.1, 0.15) is 0 Å². The third-order valence-corrected chi connectivity index (χ3v) is 4.50. The van der Waals surface area contributed by atoms with Crippen molar-refractivity contribution in [1.82, 2.24) is 0 Å². The Balaban J connectivity index is 2.01. The molecule has 1 N–H and O–H groups in total. The molecule has 1 aliphatic rings. The van der Waals surface area contributed by atoms with Gasteiger partial charge in [0.25, 0.3) is 0 Å². The van der Waals surface area contributed by atoms with Gasteiger partial charge in [-0.2, -0.15) is 0 Å². The van der Waals surface area contributed by atoms with Crippen molar-refractivity contribution >= 4 is 5.97 Å². The van der Waals surface area contributed by atoms with Crippen molar-refractivity contribution in [1.29, 1.82) is 0 Å². The van der Waals surface area contributed by atoms with E-state index in [4.69, 9.17) is 0 Å². The Labute approximate surface area is 124 Å². The number of hydrogen-bond donors (Lipinski definition) is 1. The molecule has 2 heteroatoms. The molecule has 0 amide bonds. The maximum Gasteiger partial charge on any atom is 0.307 e. The summed E-state index contributed by atoms with van der Waals surface area (Å²) in [6, 6.07) is 0. The fraction of sp³-hybridized carbons (Fsp3) is 0.833. The minimum Gasteiger partial charge on any atom is -0.481 e. The molecule has 1 rings (SSSR count). The first-order valence-electron chi connectivity index (χ1n) is 8.65. The summed E-state index contributed by atoms with van der Waals surface area (Å²) in [6.07, 6.45) is 18.9. The van der Waals surface area contributed by atoms with Gasteiger partial charge < -0.3 is 5.11 Å². The Morgan fingerprint density at radius 3 is 2.20 bits per heavy atom. The van der Waals surface area contributed by atoms with Crippen molar-refractivity contribution in [3.8, 4) is 0 Å². The van der Waals surface area contributed by atoms with E-state index in [0.29, 0.717) is 5.92 Å². The zero-order valence-corrected chi connectivity index (χ0v) is 13.2. The molecule has 20 heavy (non-hydrogen) atoms. The number of carbonyl (C=O) groups is 1. The highest BCUT2D eigenvalue weighted by Gasteiger charge is 2.26. The molecule has 116 valence electrons. The van der Waals surface area contributed by atoms with E-state index < -0.39 is 5.97 Å². The topological polar surface area (TPSA) is 37.3 Å². The fourth-order valence-electron chi connectivity index (χ4n) is 3.19. The van der Waals surface area contributed by atoms with Gasteiger partial charge in [0.2, 0.25) is 0 Å². The SMILES string of the molecule is CCCCCCCCCCCC(C(=O)O)C1C=CCC1. The van der Waals surface area contributed by atoms with E-state index in [2.05, 4.69) is 19.1 Å². The zero-order valence-electron chi connectivity index (χ0n) is 13.2. The molecule has 2 atom stereocenters. The van der Waals surface area contributed by atoms with Crippen LogP contribution < -0.4 is 0 Å². The summed E-state index contributed by atoms with van der Waals surface area (Å²) in [5.74, 6) is -0.444. The summed E-state index contributed by atoms with van der Waals surface area (Å²) < 4.78 is 0. The highest BCUT2D eigenvalue weighted by atomic mass is 16.4. The summed E-state index contributed by atoms with van der Waals surface area (Å²) in [4.78, 5) is 11.3. The average molecular weight is 280 g/mol. The molecular weight excluding hydrogens is 248 g/mol. The Bertz CT molecular complexity index is 283. The maximum atomic E-state index is 11.3. The van der Waals surface area contributed by atoms with Crippen LogP contribution in [0.1, 0.15) is 84.0 Å². The third kappa shape index (κ3) is 7.12. The highest BCUT2D eigenvalue weighted by molar-refractivity contribution is 5.70. The van der Waals surface area contributed by atoms with Crippen LogP contribution in [-0.2, 0) is 4.79 Å². The van der Waals surface area contributed by atoms with Gasteiger partial charge in [-0.05, 0) is 25.2 Å². The number of rotatable bonds is 12. The molecule has 2 nitrogen and oxygen atoms in total. The Morgan fingerprint density at radius 1 is 1.10 bits per heavy atom. The van der Waals surface area contributed by atoms with Crippen LogP contribution in [0.2, 0.25) is 0 Å². The van der Waals surface area contributed by atoms with Crippen LogP contribution in [0.5, 0.6) is 0 Å². The Morgan fingerprint density at radius 2 is 1.70 bits per heavy atom. The second-order valence-corrected chi connectivity index (χ2v) is 6.23. The van der Waals surface area contributed by atoms with Crippen LogP contribution in [0.3, 0.4) is 0 Å². The van der Waals surface area contributed by atoms with Crippen molar-refractivity contribution in [3.63, 3.8) is 0 Å². The molecule has 0 spiro atoms. The lowest BCUT2D eigenvalue weighted by atomic mass is 9.87. The first-order valence-corrected chi connectivity index (χ1v) is 8.65. The van der Waals surface area contributed by atoms with Gasteiger partial charge in [0.15, 0.2) is 0 Å². The zero-order chi connectivity index (χ0) is 14.6. The van der Waals surface area contributed by atoms with Crippen molar-refractivity contribution in [2.24, 2.45) is 11.8 Å². The van der Waals surface area contributed by atoms with Gasteiger partial charge in [0.05, 0.1) is 5.92 Å². The van der Waals surface area contributed by atoms with E-state index in [9.17, 15) is 9.90 Å². The van der Waals surface area contributed by atoms with Gasteiger partial charge >= 0.3 is 5.97 Å². The lowest BCUT2D eigenvalue weighted by Gasteiger charge is -2.17. The molecule has 0 radical (unpaired) electrons. The van der Waals surface area contributed by atoms with Crippen LogP contribution in [-0.4, -0.2) is 11.1 Å². The van der Waals surface area contributed by atoms with E-state index >= 15 is 0 Å². The van der Waals surface area contributed by atoms with E-state index in [-0.39, 0.29) is 5.92 Å². The molecule has 0 saturated heterocycles. The van der Waals surface area contributed by atoms with Crippen molar-refractivity contribution < 1.29 is 9.90 Å². The predicted molar refractivity (Wildman–Crippen MR) is 84.8 cm³/mol. The molecule has 0 fully saturated rings. The lowest BCUT2D eigenvalue weighted by Crippen LogP contribution is -2.21. The normalized spacial score (nSPS) is 19.4. The lowest BCUT2D eigenvalue weighted by molar-refractivity contribution is -0.143. The molecule has 0 aromatic rings. The molecule has 0 heterocycles. The average Bonchev–Trinajstić information content (AvgIpc) is 2.94. The van der Waals surface area contributed by atoms with Crippen LogP contribution in [0.25, 0.3) is 0 Å². The number of unbranched alkanes of at least 4 members (excludes halogenated alkanes) is 8. The Kier molecular flexibility index (Phi) is 9.44. The van der Waals surface area contributed by atoms with Crippen molar-refractivity contribution in [3.05, 3.63) is 12.2 Å². The first-order chi connectivity index (χ1) is 9.75. The smallest absolute Gasteiger partial charge is 0.307 e. The molecule has 0 aromatic heterocycles. The summed E-state index contributed by atoms with van der Waals surface area (Å²) in [5.41, 5.74) is 0. The number of allylic oxidation sites excluding steroid dienone is 2. The van der Waals surface area contributed by atoms with Crippen LogP contribution in [0.15, 0.2) is 12.2 Å². The summed E-state index contributed by atoms with van der Waals surface area (Å²) in [5, 5.41) is 9.32. The standard InChI is InChI=1S/C18H32O2/c1-2-3-4-5-6-7-8-9-10-15-17(18(19)20)16-13-11-12-14-16/h11,13,16-17H,2-10,12,14-15H2,1H3,(H,19,20). The molecular formula is C18H32O2. The van der Waals surface area contributed by atoms with Crippen molar-refractivity contribution in [2.45, 2.75) is 84.0 Å². The third-order valence-electron chi connectivity index (χ3n) is 4.50. The van der Waals surface area contributed by atoms with Gasteiger partial charge in [-0.25, -0.2) is 0 Å². The first kappa shape index (κ1) is 17.3. The van der Waals surface area contributed by atoms with E-state index in [1.54, 1.807) is 0 Å². The minimum absolute atomic E-state index is 0.140. The van der Waals surface area contributed by atoms with E-state index in [1.807, 2.05) is 0 Å². The second-order valence-electron chi connectivity index (χ2n) is 6.23. The van der Waals surface area contributed by atoms with Gasteiger partial charge in [-0.3, -0.25) is 4.79 Å². The van der Waals surface area contributed by atoms with E-state index in [0.717, 1.165) is 25.7 Å². The highest BCUT2D eigenvalue weighted by Crippen LogP contribution is 2.29. The van der Waals surface area contributed by atoms with Gasteiger partial charge in [-0.15, -0.1) is 0 Å². The van der Waals surface area contributed by atoms with Crippen molar-refractivity contribution in [2.75, 3.05) is 0 Å². The minimum atomic E-state index is -0.596. The maximum absolute atomic E-state index is 11.3. The number of carboxylic acids is 1. The molecule has 0 bridgehead atoms. The Hall–Kier alpha value is -0.790. The number of aliphatic carboxylic acids is 1. The molecule has 2 unspecified atom stereocenters. The number of carboxylic acid groups (broad SMARTS) is 1. The summed E-state index contributed by atoms with van der Waals surface area (Å²) >= 11 is 0. The van der Waals surface area contributed by atoms with E-state index in [1.165, 1.54) is 51.4 Å².